The van der Waals surface area contributed by atoms with Crippen molar-refractivity contribution in [2.75, 3.05) is 12.0 Å². The number of hydrogen-bond acceptors (Lipinski definition) is 8. The number of carbonyl (C=O) groups is 4. The van der Waals surface area contributed by atoms with Gasteiger partial charge in [-0.05, 0) is 39.2 Å². The quantitative estimate of drug-likeness (QED) is 0.176. The summed E-state index contributed by atoms with van der Waals surface area (Å²) < 4.78 is 0. The van der Waals surface area contributed by atoms with E-state index in [1.54, 1.807) is 6.26 Å². The Morgan fingerprint density at radius 3 is 1.93 bits per heavy atom. The van der Waals surface area contributed by atoms with E-state index in [1.807, 2.05) is 0 Å². The first kappa shape index (κ1) is 26.1. The summed E-state index contributed by atoms with van der Waals surface area (Å²) in [5, 5.41) is 34.9. The van der Waals surface area contributed by atoms with Crippen molar-refractivity contribution in [1.82, 2.24) is 16.0 Å². The van der Waals surface area contributed by atoms with Crippen molar-refractivity contribution in [3.63, 3.8) is 0 Å². The molecule has 0 aromatic carbocycles. The number of carboxylic acid groups (broad SMARTS) is 1. The van der Waals surface area contributed by atoms with Gasteiger partial charge in [-0.1, -0.05) is 0 Å². The van der Waals surface area contributed by atoms with Gasteiger partial charge in [0.25, 0.3) is 0 Å². The van der Waals surface area contributed by atoms with E-state index < -0.39 is 60.1 Å². The maximum absolute atomic E-state index is 12.4. The highest BCUT2D eigenvalue weighted by Gasteiger charge is 2.30. The number of thioether (sulfide) groups is 1. The minimum atomic E-state index is -1.53. The molecule has 6 atom stereocenters. The number of aliphatic hydroxyl groups excluding tert-OH is 2. The van der Waals surface area contributed by atoms with Crippen LogP contribution in [0.4, 0.5) is 0 Å². The van der Waals surface area contributed by atoms with Crippen LogP contribution in [0.5, 0.6) is 0 Å². The first-order valence-electron chi connectivity index (χ1n) is 8.66. The fourth-order valence-corrected chi connectivity index (χ4v) is 2.51. The average Bonchev–Trinajstić information content (AvgIpc) is 2.60. The van der Waals surface area contributed by atoms with E-state index in [2.05, 4.69) is 16.0 Å². The largest absolute Gasteiger partial charge is 0.480 e. The molecule has 0 fully saturated rings. The number of aliphatic hydroxyl groups is 2. The zero-order valence-corrected chi connectivity index (χ0v) is 17.2. The molecule has 12 heteroatoms. The van der Waals surface area contributed by atoms with Crippen molar-refractivity contribution in [1.29, 1.82) is 0 Å². The Hall–Kier alpha value is -1.89. The van der Waals surface area contributed by atoms with Crippen LogP contribution in [-0.2, 0) is 19.2 Å². The normalized spacial score (nSPS) is 17.4. The van der Waals surface area contributed by atoms with Crippen molar-refractivity contribution in [2.24, 2.45) is 5.73 Å². The Labute approximate surface area is 167 Å². The zero-order valence-electron chi connectivity index (χ0n) is 16.3. The molecule has 0 radical (unpaired) electrons. The molecule has 0 bridgehead atoms. The van der Waals surface area contributed by atoms with Gasteiger partial charge in [0.2, 0.25) is 17.7 Å². The standard InChI is InChI=1S/C16H30N4O7S/c1-7(18-15(25)11(17)8(2)21)13(23)19-10(5-6-28-4)14(24)20-12(9(3)22)16(26)27/h7-12,21-22H,5-6,17H2,1-4H3,(H,18,25)(H,19,23)(H,20,24)(H,26,27). The third-order valence-corrected chi connectivity index (χ3v) is 4.51. The predicted molar refractivity (Wildman–Crippen MR) is 103 cm³/mol. The highest BCUT2D eigenvalue weighted by Crippen LogP contribution is 2.04. The molecule has 0 aromatic heterocycles. The molecule has 0 aliphatic rings. The van der Waals surface area contributed by atoms with Gasteiger partial charge >= 0.3 is 5.97 Å². The van der Waals surface area contributed by atoms with E-state index in [-0.39, 0.29) is 6.42 Å². The zero-order chi connectivity index (χ0) is 22.0. The molecule has 162 valence electrons. The molecule has 0 heterocycles. The second-order valence-electron chi connectivity index (χ2n) is 6.40. The molecule has 0 saturated heterocycles. The average molecular weight is 423 g/mol. The van der Waals surface area contributed by atoms with Crippen LogP contribution in [0.2, 0.25) is 0 Å². The van der Waals surface area contributed by atoms with Crippen LogP contribution < -0.4 is 21.7 Å². The lowest BCUT2D eigenvalue weighted by atomic mass is 10.1. The molecule has 0 aliphatic heterocycles. The summed E-state index contributed by atoms with van der Waals surface area (Å²) in [6, 6.07) is -4.85. The molecule has 0 aliphatic carbocycles. The lowest BCUT2D eigenvalue weighted by molar-refractivity contribution is -0.145. The van der Waals surface area contributed by atoms with Crippen molar-refractivity contribution in [3.05, 3.63) is 0 Å². The minimum Gasteiger partial charge on any atom is -0.480 e. The van der Waals surface area contributed by atoms with Gasteiger partial charge in [0.1, 0.15) is 18.1 Å². The summed E-state index contributed by atoms with van der Waals surface area (Å²) in [6.45, 7) is 3.93. The number of nitrogens with one attached hydrogen (secondary N) is 3. The predicted octanol–water partition coefficient (Wildman–Crippen LogP) is -2.61. The molecule has 0 saturated carbocycles. The van der Waals surface area contributed by atoms with Crippen LogP contribution in [-0.4, -0.2) is 87.4 Å². The van der Waals surface area contributed by atoms with E-state index in [4.69, 9.17) is 10.8 Å². The molecule has 11 nitrogen and oxygen atoms in total. The van der Waals surface area contributed by atoms with Crippen LogP contribution in [0.1, 0.15) is 27.2 Å². The van der Waals surface area contributed by atoms with Crippen LogP contribution in [0.25, 0.3) is 0 Å². The lowest BCUT2D eigenvalue weighted by Gasteiger charge is -2.24. The van der Waals surface area contributed by atoms with Crippen molar-refractivity contribution < 1.29 is 34.5 Å². The summed E-state index contributed by atoms with van der Waals surface area (Å²) in [6.07, 6.45) is -0.437. The van der Waals surface area contributed by atoms with Crippen LogP contribution >= 0.6 is 11.8 Å². The number of hydrogen-bond donors (Lipinski definition) is 7. The van der Waals surface area contributed by atoms with E-state index in [1.165, 1.54) is 32.5 Å². The summed E-state index contributed by atoms with van der Waals surface area (Å²) in [7, 11) is 0. The Bertz CT molecular complexity index is 559. The van der Waals surface area contributed by atoms with Crippen LogP contribution in [0, 0.1) is 0 Å². The summed E-state index contributed by atoms with van der Waals surface area (Å²) in [4.78, 5) is 47.7. The van der Waals surface area contributed by atoms with E-state index in [9.17, 15) is 29.4 Å². The minimum absolute atomic E-state index is 0.207. The Kier molecular flexibility index (Phi) is 11.7. The maximum atomic E-state index is 12.4. The second-order valence-corrected chi connectivity index (χ2v) is 7.39. The van der Waals surface area contributed by atoms with Gasteiger partial charge in [0.05, 0.1) is 12.2 Å². The fraction of sp³-hybridized carbons (Fsp3) is 0.750. The van der Waals surface area contributed by atoms with Crippen molar-refractivity contribution in [3.8, 4) is 0 Å². The molecule has 8 N–H and O–H groups in total. The third-order valence-electron chi connectivity index (χ3n) is 3.86. The van der Waals surface area contributed by atoms with E-state index >= 15 is 0 Å². The monoisotopic (exact) mass is 422 g/mol. The van der Waals surface area contributed by atoms with Crippen molar-refractivity contribution >= 4 is 35.5 Å². The number of aliphatic carboxylic acids is 1. The molecule has 0 rings (SSSR count). The SMILES string of the molecule is CSCCC(NC(=O)C(C)NC(=O)C(N)C(C)O)C(=O)NC(C(=O)O)C(C)O. The van der Waals surface area contributed by atoms with Gasteiger partial charge in [-0.15, -0.1) is 0 Å². The summed E-state index contributed by atoms with van der Waals surface area (Å²) >= 11 is 1.42. The van der Waals surface area contributed by atoms with E-state index in [0.29, 0.717) is 5.75 Å². The highest BCUT2D eigenvalue weighted by atomic mass is 32.2. The molecule has 3 amide bonds. The van der Waals surface area contributed by atoms with E-state index in [0.717, 1.165) is 0 Å². The first-order valence-corrected chi connectivity index (χ1v) is 10.1. The van der Waals surface area contributed by atoms with Crippen LogP contribution in [0.3, 0.4) is 0 Å². The van der Waals surface area contributed by atoms with Gasteiger partial charge in [0, 0.05) is 0 Å². The highest BCUT2D eigenvalue weighted by molar-refractivity contribution is 7.98. The lowest BCUT2D eigenvalue weighted by Crippen LogP contribution is -2.58. The number of amides is 3. The van der Waals surface area contributed by atoms with Gasteiger partial charge in [-0.25, -0.2) is 4.79 Å². The number of rotatable bonds is 12. The smallest absolute Gasteiger partial charge is 0.328 e. The number of carboxylic acids is 1. The van der Waals surface area contributed by atoms with Gasteiger partial charge < -0.3 is 37.0 Å². The van der Waals surface area contributed by atoms with Gasteiger partial charge in [-0.2, -0.15) is 11.8 Å². The molecular formula is C16H30N4O7S. The Morgan fingerprint density at radius 2 is 1.50 bits per heavy atom. The number of carbonyl (C=O) groups excluding carboxylic acids is 3. The summed E-state index contributed by atoms with van der Waals surface area (Å²) in [5.41, 5.74) is 5.50. The van der Waals surface area contributed by atoms with Gasteiger partial charge in [0.15, 0.2) is 6.04 Å². The molecular weight excluding hydrogens is 392 g/mol. The second kappa shape index (κ2) is 12.5. The first-order chi connectivity index (χ1) is 12.9. The molecule has 0 aromatic rings. The topological polar surface area (TPSA) is 191 Å². The maximum Gasteiger partial charge on any atom is 0.328 e. The fourth-order valence-electron chi connectivity index (χ4n) is 2.04. The Morgan fingerprint density at radius 1 is 0.929 bits per heavy atom. The van der Waals surface area contributed by atoms with Crippen molar-refractivity contribution in [2.45, 2.75) is 63.6 Å². The summed E-state index contributed by atoms with van der Waals surface area (Å²) in [5.74, 6) is -3.10. The third kappa shape index (κ3) is 8.87. The molecule has 0 spiro atoms. The van der Waals surface area contributed by atoms with Crippen LogP contribution in [0.15, 0.2) is 0 Å². The number of nitrogens with two attached hydrogens (primary N) is 1. The molecule has 28 heavy (non-hydrogen) atoms. The molecule has 6 unspecified atom stereocenters. The van der Waals surface area contributed by atoms with Gasteiger partial charge in [-0.3, -0.25) is 14.4 Å². The Balaban J connectivity index is 5.06.